The van der Waals surface area contributed by atoms with Crippen LogP contribution in [0, 0.1) is 13.8 Å². The number of carbonyl (C=O) groups is 2. The van der Waals surface area contributed by atoms with E-state index in [-0.39, 0.29) is 11.3 Å². The van der Waals surface area contributed by atoms with Crippen molar-refractivity contribution in [3.63, 3.8) is 0 Å². The van der Waals surface area contributed by atoms with Gasteiger partial charge in [-0.25, -0.2) is 4.98 Å². The number of amides is 1. The largest absolute Gasteiger partial charge is 0.507 e. The van der Waals surface area contributed by atoms with Crippen molar-refractivity contribution in [3.05, 3.63) is 88.5 Å². The van der Waals surface area contributed by atoms with Crippen molar-refractivity contribution in [2.24, 2.45) is 0 Å². The first-order chi connectivity index (χ1) is 17.8. The first-order valence-corrected chi connectivity index (χ1v) is 12.7. The zero-order chi connectivity index (χ0) is 26.3. The molecule has 1 aliphatic heterocycles. The highest BCUT2D eigenvalue weighted by Gasteiger charge is 2.48. The fourth-order valence-corrected chi connectivity index (χ4v) is 5.65. The van der Waals surface area contributed by atoms with Gasteiger partial charge in [0.25, 0.3) is 5.78 Å². The monoisotopic (exact) mass is 514 g/mol. The van der Waals surface area contributed by atoms with Crippen LogP contribution in [0.15, 0.2) is 66.2 Å². The highest BCUT2D eigenvalue weighted by Crippen LogP contribution is 2.44. The molecule has 0 radical (unpaired) electrons. The number of ether oxygens (including phenoxy) is 2. The van der Waals surface area contributed by atoms with Gasteiger partial charge in [-0.3, -0.25) is 14.5 Å². The molecule has 1 saturated heterocycles. The van der Waals surface area contributed by atoms with Gasteiger partial charge in [-0.15, -0.1) is 0 Å². The average Bonchev–Trinajstić information content (AvgIpc) is 3.42. The minimum absolute atomic E-state index is 0.00848. The molecule has 1 N–H and O–H groups in total. The Morgan fingerprint density at radius 1 is 1.05 bits per heavy atom. The van der Waals surface area contributed by atoms with Gasteiger partial charge in [0, 0.05) is 5.56 Å². The Balaban J connectivity index is 1.70. The number of hydrogen-bond acceptors (Lipinski definition) is 7. The summed E-state index contributed by atoms with van der Waals surface area (Å²) >= 11 is 1.34. The normalized spacial score (nSPS) is 17.0. The molecule has 0 aliphatic carbocycles. The summed E-state index contributed by atoms with van der Waals surface area (Å²) in [6, 6.07) is 17.3. The highest BCUT2D eigenvalue weighted by atomic mass is 32.1. The predicted octanol–water partition coefficient (Wildman–Crippen LogP) is 5.95. The quantitative estimate of drug-likeness (QED) is 0.194. The van der Waals surface area contributed by atoms with E-state index in [0.717, 1.165) is 21.3 Å². The lowest BCUT2D eigenvalue weighted by molar-refractivity contribution is -0.132. The SMILES string of the molecule is CCOc1ccc([C@@H]2/C(=C(\O)c3ccc(OC)c(C)c3)C(=O)C(=O)N2c2nc3ccc(C)cc3s2)cc1. The van der Waals surface area contributed by atoms with Crippen LogP contribution in [0.3, 0.4) is 0 Å². The molecule has 1 fully saturated rings. The molecule has 188 valence electrons. The number of methoxy groups -OCH3 is 1. The van der Waals surface area contributed by atoms with E-state index < -0.39 is 17.7 Å². The van der Waals surface area contributed by atoms with Gasteiger partial charge in [0.05, 0.1) is 35.5 Å². The minimum atomic E-state index is -0.861. The van der Waals surface area contributed by atoms with Crippen LogP contribution in [0.25, 0.3) is 16.0 Å². The van der Waals surface area contributed by atoms with Gasteiger partial charge >= 0.3 is 5.91 Å². The van der Waals surface area contributed by atoms with Crippen LogP contribution in [-0.4, -0.2) is 35.5 Å². The van der Waals surface area contributed by atoms with Crippen molar-refractivity contribution >= 4 is 44.1 Å². The molecule has 5 rings (SSSR count). The number of anilines is 1. The Morgan fingerprint density at radius 2 is 1.81 bits per heavy atom. The van der Waals surface area contributed by atoms with Crippen molar-refractivity contribution in [3.8, 4) is 11.5 Å². The minimum Gasteiger partial charge on any atom is -0.507 e. The summed E-state index contributed by atoms with van der Waals surface area (Å²) in [6.07, 6.45) is 0. The summed E-state index contributed by atoms with van der Waals surface area (Å²) < 4.78 is 11.8. The zero-order valence-corrected chi connectivity index (χ0v) is 21.8. The predicted molar refractivity (Wildman–Crippen MR) is 144 cm³/mol. The van der Waals surface area contributed by atoms with E-state index in [0.29, 0.717) is 34.4 Å². The summed E-state index contributed by atoms with van der Waals surface area (Å²) in [4.78, 5) is 33.0. The van der Waals surface area contributed by atoms with Gasteiger partial charge < -0.3 is 14.6 Å². The molecule has 8 heteroatoms. The number of carbonyl (C=O) groups excluding carboxylic acids is 2. The molecule has 2 heterocycles. The number of benzene rings is 3. The Labute approximate surface area is 218 Å². The summed E-state index contributed by atoms with van der Waals surface area (Å²) in [6.45, 7) is 6.25. The number of aryl methyl sites for hydroxylation is 2. The topological polar surface area (TPSA) is 89.0 Å². The third kappa shape index (κ3) is 4.34. The summed E-state index contributed by atoms with van der Waals surface area (Å²) in [5.41, 5.74) is 3.69. The van der Waals surface area contributed by atoms with Crippen LogP contribution in [0.1, 0.15) is 35.2 Å². The summed E-state index contributed by atoms with van der Waals surface area (Å²) in [5, 5.41) is 11.8. The maximum Gasteiger partial charge on any atom is 0.301 e. The van der Waals surface area contributed by atoms with Gasteiger partial charge in [-0.2, -0.15) is 0 Å². The number of aliphatic hydroxyl groups excluding tert-OH is 1. The smallest absolute Gasteiger partial charge is 0.301 e. The van der Waals surface area contributed by atoms with E-state index in [1.807, 2.05) is 39.0 Å². The van der Waals surface area contributed by atoms with E-state index >= 15 is 0 Å². The number of fused-ring (bicyclic) bond motifs is 1. The van der Waals surface area contributed by atoms with Crippen molar-refractivity contribution in [2.75, 3.05) is 18.6 Å². The Kier molecular flexibility index (Phi) is 6.43. The number of aliphatic hydroxyl groups is 1. The van der Waals surface area contributed by atoms with Crippen LogP contribution in [-0.2, 0) is 9.59 Å². The second-order valence-electron chi connectivity index (χ2n) is 8.82. The molecule has 1 aliphatic rings. The molecule has 0 saturated carbocycles. The number of rotatable bonds is 6. The lowest BCUT2D eigenvalue weighted by Gasteiger charge is -2.23. The molecule has 37 heavy (non-hydrogen) atoms. The Bertz CT molecular complexity index is 1550. The van der Waals surface area contributed by atoms with Crippen molar-refractivity contribution in [1.82, 2.24) is 4.98 Å². The number of Topliss-reactive ketones (excluding diaryl/α,β-unsaturated/α-hetero) is 1. The standard InChI is InChI=1S/C29H26N2O5S/c1-5-36-20-10-7-18(8-11-20)25-24(26(32)19-9-13-22(35-4)17(3)15-19)27(33)28(34)31(25)29-30-21-12-6-16(2)14-23(21)37-29/h6-15,25,32H,5H2,1-4H3/b26-24+/t25-/m1/s1. The number of hydrogen-bond donors (Lipinski definition) is 1. The van der Waals surface area contributed by atoms with Crippen LogP contribution in [0.2, 0.25) is 0 Å². The molecule has 0 bridgehead atoms. The van der Waals surface area contributed by atoms with Crippen LogP contribution >= 0.6 is 11.3 Å². The number of thiazole rings is 1. The molecule has 0 spiro atoms. The number of nitrogens with zero attached hydrogens (tertiary/aromatic N) is 2. The van der Waals surface area contributed by atoms with Crippen molar-refractivity contribution < 1.29 is 24.2 Å². The zero-order valence-electron chi connectivity index (χ0n) is 20.9. The fraction of sp³-hybridized carbons (Fsp3) is 0.207. The first-order valence-electron chi connectivity index (χ1n) is 11.9. The summed E-state index contributed by atoms with van der Waals surface area (Å²) in [5.74, 6) is -0.418. The maximum absolute atomic E-state index is 13.5. The molecule has 1 atom stereocenters. The maximum atomic E-state index is 13.5. The lowest BCUT2D eigenvalue weighted by atomic mass is 9.95. The molecule has 3 aromatic carbocycles. The first kappa shape index (κ1) is 24.5. The fourth-order valence-electron chi connectivity index (χ4n) is 4.56. The molecule has 7 nitrogen and oxygen atoms in total. The van der Waals surface area contributed by atoms with E-state index in [9.17, 15) is 14.7 Å². The van der Waals surface area contributed by atoms with Crippen molar-refractivity contribution in [2.45, 2.75) is 26.8 Å². The van der Waals surface area contributed by atoms with Crippen LogP contribution in [0.5, 0.6) is 11.5 Å². The molecular formula is C29H26N2O5S. The van der Waals surface area contributed by atoms with E-state index in [2.05, 4.69) is 4.98 Å². The second-order valence-corrected chi connectivity index (χ2v) is 9.83. The van der Waals surface area contributed by atoms with Crippen LogP contribution in [0.4, 0.5) is 5.13 Å². The molecule has 0 unspecified atom stereocenters. The molecular weight excluding hydrogens is 488 g/mol. The number of aromatic nitrogens is 1. The van der Waals surface area contributed by atoms with Crippen molar-refractivity contribution in [1.29, 1.82) is 0 Å². The molecule has 1 amide bonds. The van der Waals surface area contributed by atoms with E-state index in [1.54, 1.807) is 49.6 Å². The average molecular weight is 515 g/mol. The lowest BCUT2D eigenvalue weighted by Crippen LogP contribution is -2.29. The van der Waals surface area contributed by atoms with Gasteiger partial charge in [0.15, 0.2) is 5.13 Å². The molecule has 4 aromatic rings. The second kappa shape index (κ2) is 9.71. The highest BCUT2D eigenvalue weighted by molar-refractivity contribution is 7.22. The molecule has 1 aromatic heterocycles. The van der Waals surface area contributed by atoms with Gasteiger partial charge in [0.2, 0.25) is 0 Å². The van der Waals surface area contributed by atoms with Gasteiger partial charge in [-0.1, -0.05) is 29.5 Å². The van der Waals surface area contributed by atoms with Gasteiger partial charge in [0.1, 0.15) is 17.3 Å². The van der Waals surface area contributed by atoms with Gasteiger partial charge in [-0.05, 0) is 79.9 Å². The van der Waals surface area contributed by atoms with E-state index in [4.69, 9.17) is 9.47 Å². The van der Waals surface area contributed by atoms with E-state index in [1.165, 1.54) is 16.2 Å². The number of ketones is 1. The summed E-state index contributed by atoms with van der Waals surface area (Å²) in [7, 11) is 1.57. The third-order valence-electron chi connectivity index (χ3n) is 6.36. The Morgan fingerprint density at radius 3 is 2.49 bits per heavy atom. The third-order valence-corrected chi connectivity index (χ3v) is 7.38. The Hall–Kier alpha value is -4.17. The van der Waals surface area contributed by atoms with Crippen LogP contribution < -0.4 is 14.4 Å².